The number of benzene rings is 2. The third-order valence-electron chi connectivity index (χ3n) is 5.13. The van der Waals surface area contributed by atoms with E-state index in [1.807, 2.05) is 0 Å². The molecule has 0 radical (unpaired) electrons. The van der Waals surface area contributed by atoms with Crippen molar-refractivity contribution >= 4 is 16.9 Å². The molecule has 1 aromatic heterocycles. The largest absolute Gasteiger partial charge is 0.462 e. The van der Waals surface area contributed by atoms with Gasteiger partial charge in [0, 0.05) is 41.3 Å². The number of nitrogens with zero attached hydrogens (tertiary/aromatic N) is 1. The van der Waals surface area contributed by atoms with Crippen LogP contribution in [0, 0.1) is 23.3 Å². The molecule has 3 aromatic rings. The average Bonchev–Trinajstić information content (AvgIpc) is 3.24. The Morgan fingerprint density at radius 1 is 1.20 bits per heavy atom. The molecule has 1 aliphatic rings. The molecular weight excluding hydrogens is 402 g/mol. The summed E-state index contributed by atoms with van der Waals surface area (Å²) in [5.74, 6) is -5.55. The highest BCUT2D eigenvalue weighted by atomic mass is 19.2. The Bertz CT molecular complexity index is 1140. The molecule has 0 saturated carbocycles. The van der Waals surface area contributed by atoms with E-state index in [1.165, 1.54) is 12.3 Å². The van der Waals surface area contributed by atoms with Crippen LogP contribution in [0.5, 0.6) is 0 Å². The summed E-state index contributed by atoms with van der Waals surface area (Å²) in [7, 11) is 0. The lowest BCUT2D eigenvalue weighted by atomic mass is 9.89. The van der Waals surface area contributed by atoms with Gasteiger partial charge in [-0.3, -0.25) is 4.98 Å². The third kappa shape index (κ3) is 3.41. The molecular formula is C22H17F4NO3. The number of rotatable bonds is 4. The quantitative estimate of drug-likeness (QED) is 0.334. The maximum atomic E-state index is 14.8. The average molecular weight is 419 g/mol. The van der Waals surface area contributed by atoms with Crippen LogP contribution in [0.15, 0.2) is 30.5 Å². The molecule has 8 heteroatoms. The molecule has 2 heterocycles. The van der Waals surface area contributed by atoms with E-state index in [9.17, 15) is 22.4 Å². The van der Waals surface area contributed by atoms with E-state index in [0.717, 1.165) is 12.1 Å². The number of halogens is 4. The summed E-state index contributed by atoms with van der Waals surface area (Å²) in [6.07, 6.45) is 1.84. The predicted octanol–water partition coefficient (Wildman–Crippen LogP) is 5.14. The lowest BCUT2D eigenvalue weighted by Gasteiger charge is -2.18. The van der Waals surface area contributed by atoms with E-state index >= 15 is 0 Å². The predicted molar refractivity (Wildman–Crippen MR) is 101 cm³/mol. The van der Waals surface area contributed by atoms with Gasteiger partial charge in [0.1, 0.15) is 11.6 Å². The van der Waals surface area contributed by atoms with Gasteiger partial charge in [-0.1, -0.05) is 0 Å². The zero-order chi connectivity index (χ0) is 21.4. The number of pyridine rings is 1. The first kappa shape index (κ1) is 20.3. The summed E-state index contributed by atoms with van der Waals surface area (Å²) in [6.45, 7) is 2.63. The Balaban J connectivity index is 2.04. The van der Waals surface area contributed by atoms with Gasteiger partial charge in [0.2, 0.25) is 0 Å². The molecule has 0 N–H and O–H groups in total. The molecule has 4 rings (SSSR count). The van der Waals surface area contributed by atoms with Crippen LogP contribution in [-0.4, -0.2) is 30.8 Å². The molecule has 1 unspecified atom stereocenters. The van der Waals surface area contributed by atoms with Crippen LogP contribution in [0.1, 0.15) is 35.2 Å². The van der Waals surface area contributed by atoms with Gasteiger partial charge in [0.05, 0.1) is 24.3 Å². The minimum Gasteiger partial charge on any atom is -0.462 e. The minimum atomic E-state index is -1.44. The number of hydrogen-bond donors (Lipinski definition) is 0. The summed E-state index contributed by atoms with van der Waals surface area (Å²) < 4.78 is 67.4. The zero-order valence-electron chi connectivity index (χ0n) is 16.0. The van der Waals surface area contributed by atoms with Gasteiger partial charge in [0.25, 0.3) is 0 Å². The van der Waals surface area contributed by atoms with Crippen LogP contribution in [0.4, 0.5) is 17.6 Å². The van der Waals surface area contributed by atoms with Gasteiger partial charge >= 0.3 is 5.97 Å². The molecule has 1 saturated heterocycles. The monoisotopic (exact) mass is 419 g/mol. The number of hydrogen-bond acceptors (Lipinski definition) is 4. The van der Waals surface area contributed by atoms with Crippen LogP contribution in [0.3, 0.4) is 0 Å². The highest BCUT2D eigenvalue weighted by molar-refractivity contribution is 6.02. The van der Waals surface area contributed by atoms with Crippen molar-refractivity contribution in [3.05, 3.63) is 64.9 Å². The van der Waals surface area contributed by atoms with Crippen molar-refractivity contribution in [3.8, 4) is 11.1 Å². The molecule has 0 aliphatic carbocycles. The van der Waals surface area contributed by atoms with E-state index in [2.05, 4.69) is 4.98 Å². The van der Waals surface area contributed by atoms with E-state index in [0.29, 0.717) is 36.7 Å². The summed E-state index contributed by atoms with van der Waals surface area (Å²) in [6, 6.07) is 3.59. The van der Waals surface area contributed by atoms with Gasteiger partial charge in [-0.25, -0.2) is 22.4 Å². The highest BCUT2D eigenvalue weighted by Crippen LogP contribution is 2.39. The van der Waals surface area contributed by atoms with Crippen LogP contribution in [0.2, 0.25) is 0 Å². The van der Waals surface area contributed by atoms with Crippen molar-refractivity contribution in [1.29, 1.82) is 0 Å². The second-order valence-corrected chi connectivity index (χ2v) is 6.93. The number of carbonyl (C=O) groups is 1. The normalized spacial score (nSPS) is 16.2. The second-order valence-electron chi connectivity index (χ2n) is 6.93. The number of ether oxygens (including phenoxy) is 2. The summed E-state index contributed by atoms with van der Waals surface area (Å²) in [5.41, 5.74) is -0.230. The first-order chi connectivity index (χ1) is 14.4. The Hall–Kier alpha value is -3.00. The molecule has 0 bridgehead atoms. The molecule has 0 amide bonds. The number of aromatic nitrogens is 1. The minimum absolute atomic E-state index is 0.00570. The number of esters is 1. The standard InChI is InChI=1S/C22H17F4NO3/c1-2-30-22(28)15-9-27-21-13(18(15)11-5-6-29-10-11)3-4-16(24)19(21)14-7-12(23)8-17(25)20(14)26/h3-4,7-9,11H,2,5-6,10H2,1H3. The Morgan fingerprint density at radius 2 is 2.00 bits per heavy atom. The molecule has 156 valence electrons. The topological polar surface area (TPSA) is 48.4 Å². The van der Waals surface area contributed by atoms with E-state index in [1.54, 1.807) is 6.92 Å². The molecule has 1 aliphatic heterocycles. The molecule has 30 heavy (non-hydrogen) atoms. The fourth-order valence-corrected chi connectivity index (χ4v) is 3.83. The fraction of sp³-hybridized carbons (Fsp3) is 0.273. The number of carbonyl (C=O) groups excluding carboxylic acids is 1. The van der Waals surface area contributed by atoms with Crippen molar-refractivity contribution in [2.45, 2.75) is 19.3 Å². The Kier molecular flexibility index (Phi) is 5.42. The van der Waals surface area contributed by atoms with Gasteiger partial charge in [0.15, 0.2) is 11.6 Å². The van der Waals surface area contributed by atoms with E-state index in [-0.39, 0.29) is 29.2 Å². The SMILES string of the molecule is CCOC(=O)c1cnc2c(-c3cc(F)cc(F)c3F)c(F)ccc2c1C1CCOC1. The molecule has 0 spiro atoms. The van der Waals surface area contributed by atoms with Gasteiger partial charge in [-0.05, 0) is 37.1 Å². The highest BCUT2D eigenvalue weighted by Gasteiger charge is 2.29. The maximum absolute atomic E-state index is 14.8. The van der Waals surface area contributed by atoms with Crippen LogP contribution in [-0.2, 0) is 9.47 Å². The number of fused-ring (bicyclic) bond motifs is 1. The van der Waals surface area contributed by atoms with E-state index in [4.69, 9.17) is 9.47 Å². The van der Waals surface area contributed by atoms with Crippen molar-refractivity contribution in [2.24, 2.45) is 0 Å². The van der Waals surface area contributed by atoms with Crippen molar-refractivity contribution in [1.82, 2.24) is 4.98 Å². The smallest absolute Gasteiger partial charge is 0.340 e. The molecule has 1 fully saturated rings. The van der Waals surface area contributed by atoms with Crippen LogP contribution < -0.4 is 0 Å². The van der Waals surface area contributed by atoms with Crippen LogP contribution in [0.25, 0.3) is 22.0 Å². The zero-order valence-corrected chi connectivity index (χ0v) is 16.0. The molecule has 4 nitrogen and oxygen atoms in total. The molecule has 1 atom stereocenters. The van der Waals surface area contributed by atoms with Crippen molar-refractivity contribution < 1.29 is 31.8 Å². The first-order valence-corrected chi connectivity index (χ1v) is 9.43. The van der Waals surface area contributed by atoms with Gasteiger partial charge < -0.3 is 9.47 Å². The van der Waals surface area contributed by atoms with Gasteiger partial charge in [-0.15, -0.1) is 0 Å². The second kappa shape index (κ2) is 8.02. The first-order valence-electron chi connectivity index (χ1n) is 9.43. The van der Waals surface area contributed by atoms with Gasteiger partial charge in [-0.2, -0.15) is 0 Å². The fourth-order valence-electron chi connectivity index (χ4n) is 3.83. The Morgan fingerprint density at radius 3 is 2.70 bits per heavy atom. The van der Waals surface area contributed by atoms with Crippen molar-refractivity contribution in [2.75, 3.05) is 19.8 Å². The summed E-state index contributed by atoms with van der Waals surface area (Å²) in [4.78, 5) is 16.7. The van der Waals surface area contributed by atoms with Crippen LogP contribution >= 0.6 is 0 Å². The Labute approximate surface area is 169 Å². The van der Waals surface area contributed by atoms with E-state index < -0.39 is 34.8 Å². The lowest BCUT2D eigenvalue weighted by molar-refractivity contribution is 0.0524. The summed E-state index contributed by atoms with van der Waals surface area (Å²) >= 11 is 0. The summed E-state index contributed by atoms with van der Waals surface area (Å²) in [5, 5.41) is 0.372. The maximum Gasteiger partial charge on any atom is 0.340 e. The third-order valence-corrected chi connectivity index (χ3v) is 5.13. The molecule has 2 aromatic carbocycles. The lowest BCUT2D eigenvalue weighted by Crippen LogP contribution is -2.13. The van der Waals surface area contributed by atoms with Crippen molar-refractivity contribution in [3.63, 3.8) is 0 Å².